The number of aromatic nitrogens is 2. The Bertz CT molecular complexity index is 1100. The molecule has 0 aliphatic rings. The highest BCUT2D eigenvalue weighted by atomic mass is 19.4. The van der Waals surface area contributed by atoms with Crippen LogP contribution < -0.4 is 10.1 Å². The molecule has 0 saturated heterocycles. The minimum Gasteiger partial charge on any atom is -0.494 e. The average molecular weight is 460 g/mol. The van der Waals surface area contributed by atoms with E-state index in [1.54, 1.807) is 61.6 Å². The van der Waals surface area contributed by atoms with E-state index < -0.39 is 23.3 Å². The molecule has 3 rings (SSSR count). The van der Waals surface area contributed by atoms with Gasteiger partial charge in [0, 0.05) is 31.9 Å². The van der Waals surface area contributed by atoms with Crippen molar-refractivity contribution < 1.29 is 27.5 Å². The van der Waals surface area contributed by atoms with Crippen LogP contribution in [0.3, 0.4) is 0 Å². The predicted molar refractivity (Wildman–Crippen MR) is 115 cm³/mol. The molecule has 10 heteroatoms. The Labute approximate surface area is 188 Å². The van der Waals surface area contributed by atoms with Crippen LogP contribution in [-0.4, -0.2) is 53.2 Å². The third-order valence-corrected chi connectivity index (χ3v) is 4.74. The molecule has 0 bridgehead atoms. The first-order chi connectivity index (χ1) is 15.7. The van der Waals surface area contributed by atoms with Crippen LogP contribution in [0.4, 0.5) is 13.2 Å². The van der Waals surface area contributed by atoms with E-state index in [1.807, 2.05) is 6.92 Å². The molecular weight excluding hydrogens is 437 g/mol. The van der Waals surface area contributed by atoms with Crippen LogP contribution in [0.5, 0.6) is 5.75 Å². The second-order valence-corrected chi connectivity index (χ2v) is 7.11. The van der Waals surface area contributed by atoms with Crippen molar-refractivity contribution in [1.29, 1.82) is 0 Å². The van der Waals surface area contributed by atoms with Gasteiger partial charge in [0.05, 0.1) is 17.9 Å². The number of carbonyl (C=O) groups is 2. The van der Waals surface area contributed by atoms with Gasteiger partial charge in [-0.25, -0.2) is 4.68 Å². The number of ether oxygens (including phenoxy) is 1. The number of alkyl halides is 3. The van der Waals surface area contributed by atoms with Crippen LogP contribution in [0.2, 0.25) is 0 Å². The molecule has 0 atom stereocenters. The van der Waals surface area contributed by atoms with Gasteiger partial charge in [0.15, 0.2) is 5.69 Å². The molecule has 0 aliphatic heterocycles. The number of carbonyl (C=O) groups excluding carboxylic acids is 2. The fourth-order valence-corrected chi connectivity index (χ4v) is 3.08. The molecule has 0 fully saturated rings. The van der Waals surface area contributed by atoms with E-state index in [2.05, 4.69) is 10.4 Å². The Morgan fingerprint density at radius 1 is 1.09 bits per heavy atom. The monoisotopic (exact) mass is 460 g/mol. The third kappa shape index (κ3) is 5.91. The number of hydrogen-bond acceptors (Lipinski definition) is 4. The summed E-state index contributed by atoms with van der Waals surface area (Å²) in [5.41, 5.74) is -1.05. The number of nitrogens with one attached hydrogen (secondary N) is 1. The lowest BCUT2D eigenvalue weighted by atomic mass is 10.2. The largest absolute Gasteiger partial charge is 0.494 e. The van der Waals surface area contributed by atoms with Crippen molar-refractivity contribution in [2.24, 2.45) is 0 Å². The van der Waals surface area contributed by atoms with E-state index in [1.165, 1.54) is 4.90 Å². The van der Waals surface area contributed by atoms with E-state index in [4.69, 9.17) is 4.74 Å². The highest BCUT2D eigenvalue weighted by molar-refractivity contribution is 5.96. The van der Waals surface area contributed by atoms with Crippen molar-refractivity contribution in [2.45, 2.75) is 13.1 Å². The normalized spacial score (nSPS) is 11.2. The molecule has 3 aromatic rings. The summed E-state index contributed by atoms with van der Waals surface area (Å²) < 4.78 is 46.7. The SMILES string of the molecule is CCOc1ccc(C(=O)N(C)CCNC(=O)c2cn(-c3ccccc3)nc2C(F)(F)F)cc1. The first-order valence-electron chi connectivity index (χ1n) is 10.2. The van der Waals surface area contributed by atoms with Crippen molar-refractivity contribution in [1.82, 2.24) is 20.0 Å². The molecule has 1 aromatic heterocycles. The number of para-hydroxylation sites is 1. The van der Waals surface area contributed by atoms with Gasteiger partial charge in [0.2, 0.25) is 0 Å². The van der Waals surface area contributed by atoms with Crippen LogP contribution >= 0.6 is 0 Å². The molecule has 0 aliphatic carbocycles. The van der Waals surface area contributed by atoms with Crippen molar-refractivity contribution in [3.8, 4) is 11.4 Å². The molecule has 174 valence electrons. The van der Waals surface area contributed by atoms with Gasteiger partial charge in [0.25, 0.3) is 11.8 Å². The Morgan fingerprint density at radius 2 is 1.76 bits per heavy atom. The van der Waals surface area contributed by atoms with Crippen LogP contribution in [-0.2, 0) is 6.18 Å². The Kier molecular flexibility index (Phi) is 7.37. The number of nitrogens with zero attached hydrogens (tertiary/aromatic N) is 3. The van der Waals surface area contributed by atoms with E-state index >= 15 is 0 Å². The number of amides is 2. The van der Waals surface area contributed by atoms with Crippen molar-refractivity contribution >= 4 is 11.8 Å². The fourth-order valence-electron chi connectivity index (χ4n) is 3.08. The van der Waals surface area contributed by atoms with Crippen LogP contribution in [0.25, 0.3) is 5.69 Å². The van der Waals surface area contributed by atoms with Gasteiger partial charge in [-0.1, -0.05) is 18.2 Å². The number of likely N-dealkylation sites (N-methyl/N-ethyl adjacent to an activating group) is 1. The Hall–Kier alpha value is -3.82. The summed E-state index contributed by atoms with van der Waals surface area (Å²) in [7, 11) is 1.54. The van der Waals surface area contributed by atoms with Gasteiger partial charge >= 0.3 is 6.18 Å². The first-order valence-corrected chi connectivity index (χ1v) is 10.2. The summed E-state index contributed by atoms with van der Waals surface area (Å²) in [6.45, 7) is 2.43. The molecule has 33 heavy (non-hydrogen) atoms. The number of rotatable bonds is 8. The van der Waals surface area contributed by atoms with E-state index in [9.17, 15) is 22.8 Å². The maximum atomic E-state index is 13.4. The summed E-state index contributed by atoms with van der Waals surface area (Å²) in [4.78, 5) is 26.4. The standard InChI is InChI=1S/C23H23F3N4O3/c1-3-33-18-11-9-16(10-12-18)22(32)29(2)14-13-27-21(31)19-15-30(17-7-5-4-6-8-17)28-20(19)23(24,25)26/h4-12,15H,3,13-14H2,1-2H3,(H,27,31). The van der Waals surface area contributed by atoms with E-state index in [-0.39, 0.29) is 19.0 Å². The lowest BCUT2D eigenvalue weighted by Gasteiger charge is -2.18. The van der Waals surface area contributed by atoms with Gasteiger partial charge in [-0.05, 0) is 43.3 Å². The molecular formula is C23H23F3N4O3. The molecule has 2 amide bonds. The summed E-state index contributed by atoms with van der Waals surface area (Å²) >= 11 is 0. The molecule has 0 radical (unpaired) electrons. The minimum atomic E-state index is -4.80. The van der Waals surface area contributed by atoms with Gasteiger partial charge in [-0.3, -0.25) is 9.59 Å². The highest BCUT2D eigenvalue weighted by Gasteiger charge is 2.39. The minimum absolute atomic E-state index is 0.0358. The number of benzene rings is 2. The molecule has 1 N–H and O–H groups in total. The summed E-state index contributed by atoms with van der Waals surface area (Å²) in [5, 5.41) is 5.99. The van der Waals surface area contributed by atoms with E-state index in [0.29, 0.717) is 23.6 Å². The molecule has 0 saturated carbocycles. The molecule has 1 heterocycles. The molecule has 0 unspecified atom stereocenters. The zero-order valence-electron chi connectivity index (χ0n) is 18.1. The maximum absolute atomic E-state index is 13.4. The number of halogens is 3. The van der Waals surface area contributed by atoms with Gasteiger partial charge in [-0.2, -0.15) is 18.3 Å². The zero-order chi connectivity index (χ0) is 24.0. The van der Waals surface area contributed by atoms with Crippen LogP contribution in [0.15, 0.2) is 60.8 Å². The second-order valence-electron chi connectivity index (χ2n) is 7.11. The van der Waals surface area contributed by atoms with Crippen molar-refractivity contribution in [3.63, 3.8) is 0 Å². The van der Waals surface area contributed by atoms with Gasteiger partial charge in [0.1, 0.15) is 5.75 Å². The predicted octanol–water partition coefficient (Wildman–Crippen LogP) is 3.79. The van der Waals surface area contributed by atoms with Crippen molar-refractivity contribution in [2.75, 3.05) is 26.7 Å². The van der Waals surface area contributed by atoms with Gasteiger partial charge < -0.3 is 15.0 Å². The quantitative estimate of drug-likeness (QED) is 0.555. The molecule has 2 aromatic carbocycles. The topological polar surface area (TPSA) is 76.5 Å². The van der Waals surface area contributed by atoms with E-state index in [0.717, 1.165) is 10.9 Å². The lowest BCUT2D eigenvalue weighted by Crippen LogP contribution is -2.36. The average Bonchev–Trinajstić information content (AvgIpc) is 3.26. The Balaban J connectivity index is 1.64. The highest BCUT2D eigenvalue weighted by Crippen LogP contribution is 2.31. The van der Waals surface area contributed by atoms with Crippen LogP contribution in [0.1, 0.15) is 33.3 Å². The fraction of sp³-hybridized carbons (Fsp3) is 0.261. The number of hydrogen-bond donors (Lipinski definition) is 1. The summed E-state index contributed by atoms with van der Waals surface area (Å²) in [5.74, 6) is -0.577. The van der Waals surface area contributed by atoms with Gasteiger partial charge in [-0.15, -0.1) is 0 Å². The Morgan fingerprint density at radius 3 is 2.36 bits per heavy atom. The summed E-state index contributed by atoms with van der Waals surface area (Å²) in [6.07, 6.45) is -3.75. The molecule has 7 nitrogen and oxygen atoms in total. The summed E-state index contributed by atoms with van der Waals surface area (Å²) in [6, 6.07) is 14.8. The van der Waals surface area contributed by atoms with Crippen molar-refractivity contribution in [3.05, 3.63) is 77.6 Å². The smallest absolute Gasteiger partial charge is 0.435 e. The first kappa shape index (κ1) is 23.8. The third-order valence-electron chi connectivity index (χ3n) is 4.74. The zero-order valence-corrected chi connectivity index (χ0v) is 18.1. The molecule has 0 spiro atoms. The second kappa shape index (κ2) is 10.2. The maximum Gasteiger partial charge on any atom is 0.435 e. The van der Waals surface area contributed by atoms with Crippen LogP contribution in [0, 0.1) is 0 Å². The lowest BCUT2D eigenvalue weighted by molar-refractivity contribution is -0.141.